The molecule has 6 heteroatoms. The summed E-state index contributed by atoms with van der Waals surface area (Å²) in [5.41, 5.74) is 3.31. The molecule has 0 aliphatic carbocycles. The van der Waals surface area contributed by atoms with Gasteiger partial charge in [-0.2, -0.15) is 0 Å². The van der Waals surface area contributed by atoms with Crippen molar-refractivity contribution in [3.63, 3.8) is 0 Å². The Kier molecular flexibility index (Phi) is 10.4. The highest BCUT2D eigenvalue weighted by Crippen LogP contribution is 2.19. The molecule has 168 valence electrons. The van der Waals surface area contributed by atoms with E-state index in [1.54, 1.807) is 16.7 Å². The lowest BCUT2D eigenvalue weighted by Crippen LogP contribution is -2.50. The number of rotatable bonds is 11. The minimum atomic E-state index is -0.483. The molecule has 2 amide bonds. The van der Waals surface area contributed by atoms with Crippen molar-refractivity contribution in [3.05, 3.63) is 70.2 Å². The summed E-state index contributed by atoms with van der Waals surface area (Å²) < 4.78 is 0. The molecule has 0 aromatic heterocycles. The number of thioether (sulfide) groups is 1. The number of nitrogens with one attached hydrogen (secondary N) is 1. The molecule has 31 heavy (non-hydrogen) atoms. The van der Waals surface area contributed by atoms with Gasteiger partial charge in [-0.05, 0) is 42.5 Å². The van der Waals surface area contributed by atoms with Crippen LogP contribution in [0.25, 0.3) is 0 Å². The van der Waals surface area contributed by atoms with Crippen LogP contribution in [0.3, 0.4) is 0 Å². The third-order valence-corrected chi connectivity index (χ3v) is 6.19. The predicted octanol–water partition coefficient (Wildman–Crippen LogP) is 5.46. The molecule has 0 fully saturated rings. The Bertz CT molecular complexity index is 838. The maximum absolute atomic E-state index is 13.2. The van der Waals surface area contributed by atoms with Crippen LogP contribution in [0.1, 0.15) is 43.9 Å². The predicted molar refractivity (Wildman–Crippen MR) is 131 cm³/mol. The van der Waals surface area contributed by atoms with Gasteiger partial charge in [-0.25, -0.2) is 0 Å². The zero-order chi connectivity index (χ0) is 22.8. The molecule has 2 aromatic carbocycles. The Morgan fingerprint density at radius 1 is 1.03 bits per heavy atom. The normalized spacial score (nSPS) is 11.9. The van der Waals surface area contributed by atoms with Crippen LogP contribution < -0.4 is 5.32 Å². The van der Waals surface area contributed by atoms with Gasteiger partial charge in [-0.3, -0.25) is 9.59 Å². The average Bonchev–Trinajstić information content (AvgIpc) is 2.74. The highest BCUT2D eigenvalue weighted by atomic mass is 35.5. The average molecular weight is 461 g/mol. The Morgan fingerprint density at radius 3 is 2.23 bits per heavy atom. The molecule has 0 saturated heterocycles. The van der Waals surface area contributed by atoms with Crippen molar-refractivity contribution < 1.29 is 9.59 Å². The standard InChI is InChI=1S/C25H33ClN2O2S/c1-5-23(25(30)27-14-18(2)3)28(15-20-8-6-19(4)7-9-20)24(29)17-31-16-21-10-12-22(26)13-11-21/h6-13,18,23H,5,14-17H2,1-4H3,(H,27,30). The summed E-state index contributed by atoms with van der Waals surface area (Å²) in [6, 6.07) is 15.3. The second-order valence-corrected chi connectivity index (χ2v) is 9.61. The van der Waals surface area contributed by atoms with Crippen molar-refractivity contribution in [2.24, 2.45) is 5.92 Å². The number of halogens is 1. The first kappa shape index (κ1) is 25.3. The Morgan fingerprint density at radius 2 is 1.65 bits per heavy atom. The molecule has 0 aliphatic heterocycles. The van der Waals surface area contributed by atoms with E-state index in [0.717, 1.165) is 16.9 Å². The van der Waals surface area contributed by atoms with Crippen LogP contribution >= 0.6 is 23.4 Å². The number of carbonyl (C=O) groups excluding carboxylic acids is 2. The van der Waals surface area contributed by atoms with Gasteiger partial charge in [0.05, 0.1) is 5.75 Å². The van der Waals surface area contributed by atoms with E-state index < -0.39 is 6.04 Å². The fraction of sp³-hybridized carbons (Fsp3) is 0.440. The Labute approximate surface area is 195 Å². The fourth-order valence-electron chi connectivity index (χ4n) is 3.15. The van der Waals surface area contributed by atoms with Crippen LogP contribution in [-0.2, 0) is 21.9 Å². The number of nitrogens with zero attached hydrogens (tertiary/aromatic N) is 1. The van der Waals surface area contributed by atoms with E-state index in [0.29, 0.717) is 36.2 Å². The largest absolute Gasteiger partial charge is 0.354 e. The summed E-state index contributed by atoms with van der Waals surface area (Å²) in [6.07, 6.45) is 0.573. The summed E-state index contributed by atoms with van der Waals surface area (Å²) in [4.78, 5) is 27.8. The summed E-state index contributed by atoms with van der Waals surface area (Å²) in [5.74, 6) is 1.29. The molecule has 0 bridgehead atoms. The summed E-state index contributed by atoms with van der Waals surface area (Å²) in [6.45, 7) is 9.14. The molecule has 1 unspecified atom stereocenters. The third kappa shape index (κ3) is 8.58. The van der Waals surface area contributed by atoms with E-state index in [9.17, 15) is 9.59 Å². The second kappa shape index (κ2) is 12.8. The van der Waals surface area contributed by atoms with E-state index in [-0.39, 0.29) is 11.8 Å². The maximum atomic E-state index is 13.2. The van der Waals surface area contributed by atoms with Gasteiger partial charge in [0.2, 0.25) is 11.8 Å². The SMILES string of the molecule is CCC(C(=O)NCC(C)C)N(Cc1ccc(C)cc1)C(=O)CSCc1ccc(Cl)cc1. The quantitative estimate of drug-likeness (QED) is 0.484. The van der Waals surface area contributed by atoms with Gasteiger partial charge in [0.1, 0.15) is 6.04 Å². The molecule has 4 nitrogen and oxygen atoms in total. The molecule has 1 atom stereocenters. The van der Waals surface area contributed by atoms with Crippen LogP contribution in [0.5, 0.6) is 0 Å². The molecule has 2 rings (SSSR count). The van der Waals surface area contributed by atoms with E-state index >= 15 is 0 Å². The lowest BCUT2D eigenvalue weighted by atomic mass is 10.1. The van der Waals surface area contributed by atoms with Crippen LogP contribution in [0.15, 0.2) is 48.5 Å². The van der Waals surface area contributed by atoms with Crippen LogP contribution in [0.2, 0.25) is 5.02 Å². The molecule has 0 heterocycles. The van der Waals surface area contributed by atoms with E-state index in [4.69, 9.17) is 11.6 Å². The monoisotopic (exact) mass is 460 g/mol. The zero-order valence-corrected chi connectivity index (χ0v) is 20.4. The number of benzene rings is 2. The molecule has 0 saturated carbocycles. The lowest BCUT2D eigenvalue weighted by Gasteiger charge is -2.31. The highest BCUT2D eigenvalue weighted by molar-refractivity contribution is 7.99. The van der Waals surface area contributed by atoms with Crippen molar-refractivity contribution >= 4 is 35.2 Å². The van der Waals surface area contributed by atoms with Gasteiger partial charge in [0.25, 0.3) is 0 Å². The molecule has 1 N–H and O–H groups in total. The van der Waals surface area contributed by atoms with Crippen molar-refractivity contribution in [1.82, 2.24) is 10.2 Å². The van der Waals surface area contributed by atoms with Crippen molar-refractivity contribution in [3.8, 4) is 0 Å². The number of hydrogen-bond acceptors (Lipinski definition) is 3. The van der Waals surface area contributed by atoms with Crippen molar-refractivity contribution in [2.45, 2.75) is 52.5 Å². The third-order valence-electron chi connectivity index (χ3n) is 4.95. The number of aryl methyl sites for hydroxylation is 1. The van der Waals surface area contributed by atoms with Gasteiger partial charge in [-0.15, -0.1) is 11.8 Å². The van der Waals surface area contributed by atoms with Gasteiger partial charge in [0, 0.05) is 23.9 Å². The first-order chi connectivity index (χ1) is 14.8. The molecule has 0 spiro atoms. The van der Waals surface area contributed by atoms with Crippen LogP contribution in [0, 0.1) is 12.8 Å². The minimum Gasteiger partial charge on any atom is -0.354 e. The van der Waals surface area contributed by atoms with Gasteiger partial charge < -0.3 is 10.2 Å². The zero-order valence-electron chi connectivity index (χ0n) is 18.9. The van der Waals surface area contributed by atoms with Crippen molar-refractivity contribution in [1.29, 1.82) is 0 Å². The Balaban J connectivity index is 2.10. The second-order valence-electron chi connectivity index (χ2n) is 8.19. The number of carbonyl (C=O) groups is 2. The molecular formula is C25H33ClN2O2S. The fourth-order valence-corrected chi connectivity index (χ4v) is 4.15. The summed E-state index contributed by atoms with van der Waals surface area (Å²) >= 11 is 7.50. The number of hydrogen-bond donors (Lipinski definition) is 1. The first-order valence-electron chi connectivity index (χ1n) is 10.7. The summed E-state index contributed by atoms with van der Waals surface area (Å²) in [7, 11) is 0. The molecule has 0 aliphatic rings. The van der Waals surface area contributed by atoms with Gasteiger partial charge >= 0.3 is 0 Å². The molecule has 2 aromatic rings. The highest BCUT2D eigenvalue weighted by Gasteiger charge is 2.28. The van der Waals surface area contributed by atoms with Crippen LogP contribution in [0.4, 0.5) is 0 Å². The summed E-state index contributed by atoms with van der Waals surface area (Å²) in [5, 5.41) is 3.70. The van der Waals surface area contributed by atoms with E-state index in [1.165, 1.54) is 5.56 Å². The van der Waals surface area contributed by atoms with Crippen molar-refractivity contribution in [2.75, 3.05) is 12.3 Å². The van der Waals surface area contributed by atoms with Gasteiger partial charge in [0.15, 0.2) is 0 Å². The van der Waals surface area contributed by atoms with E-state index in [1.807, 2.05) is 62.4 Å². The molecule has 0 radical (unpaired) electrons. The van der Waals surface area contributed by atoms with E-state index in [2.05, 4.69) is 19.2 Å². The topological polar surface area (TPSA) is 49.4 Å². The maximum Gasteiger partial charge on any atom is 0.242 e. The Hall–Kier alpha value is -1.98. The lowest BCUT2D eigenvalue weighted by molar-refractivity contribution is -0.139. The van der Waals surface area contributed by atoms with Crippen LogP contribution in [-0.4, -0.2) is 35.1 Å². The first-order valence-corrected chi connectivity index (χ1v) is 12.3. The molecular weight excluding hydrogens is 428 g/mol. The number of amides is 2. The smallest absolute Gasteiger partial charge is 0.242 e. The minimum absolute atomic E-state index is 0.0221. The van der Waals surface area contributed by atoms with Gasteiger partial charge in [-0.1, -0.05) is 74.3 Å².